The van der Waals surface area contributed by atoms with Gasteiger partial charge in [0.1, 0.15) is 22.9 Å². The lowest BCUT2D eigenvalue weighted by atomic mass is 10.0. The quantitative estimate of drug-likeness (QED) is 0.613. The van der Waals surface area contributed by atoms with Crippen molar-refractivity contribution in [2.24, 2.45) is 0 Å². The van der Waals surface area contributed by atoms with Gasteiger partial charge in [0.15, 0.2) is 5.78 Å². The summed E-state index contributed by atoms with van der Waals surface area (Å²) in [6, 6.07) is 8.45. The Bertz CT molecular complexity index is 953. The zero-order valence-corrected chi connectivity index (χ0v) is 14.5. The van der Waals surface area contributed by atoms with Crippen LogP contribution in [0.3, 0.4) is 0 Å². The van der Waals surface area contributed by atoms with Gasteiger partial charge in [-0.3, -0.25) is 9.78 Å². The predicted octanol–water partition coefficient (Wildman–Crippen LogP) is 5.25. The van der Waals surface area contributed by atoms with Crippen molar-refractivity contribution in [1.82, 2.24) is 4.98 Å². The van der Waals surface area contributed by atoms with Gasteiger partial charge in [-0.15, -0.1) is 0 Å². The van der Waals surface area contributed by atoms with Crippen molar-refractivity contribution in [1.29, 1.82) is 0 Å². The summed E-state index contributed by atoms with van der Waals surface area (Å²) in [4.78, 5) is 16.9. The van der Waals surface area contributed by atoms with E-state index in [0.717, 1.165) is 6.07 Å². The molecule has 0 radical (unpaired) electrons. The topological polar surface area (TPSA) is 51.2 Å². The molecule has 26 heavy (non-hydrogen) atoms. The standard InChI is InChI=1S/C20H18F2N2O2/c1-3-5-17(25)16-11-23-20-15(6-4-7-18(20)26-2)19(16)24-14-9-12(21)8-13(22)10-14/h4,6-11H,3,5H2,1-2H3,(H,23,24). The summed E-state index contributed by atoms with van der Waals surface area (Å²) in [7, 11) is 1.53. The van der Waals surface area contributed by atoms with Gasteiger partial charge in [0.2, 0.25) is 0 Å². The molecule has 1 heterocycles. The minimum absolute atomic E-state index is 0.0934. The molecule has 2 aromatic carbocycles. The lowest BCUT2D eigenvalue weighted by Crippen LogP contribution is -2.06. The number of anilines is 2. The van der Waals surface area contributed by atoms with E-state index in [0.29, 0.717) is 40.7 Å². The van der Waals surface area contributed by atoms with Crippen LogP contribution in [0.1, 0.15) is 30.1 Å². The van der Waals surface area contributed by atoms with Crippen LogP contribution in [0.25, 0.3) is 10.9 Å². The summed E-state index contributed by atoms with van der Waals surface area (Å²) in [6.45, 7) is 1.91. The number of halogens is 2. The number of fused-ring (bicyclic) bond motifs is 1. The molecule has 1 aromatic heterocycles. The zero-order chi connectivity index (χ0) is 18.7. The number of nitrogens with zero attached hydrogens (tertiary/aromatic N) is 1. The SMILES string of the molecule is CCCC(=O)c1cnc2c(OC)cccc2c1Nc1cc(F)cc(F)c1. The third-order valence-electron chi connectivity index (χ3n) is 3.99. The van der Waals surface area contributed by atoms with E-state index in [1.54, 1.807) is 18.2 Å². The van der Waals surface area contributed by atoms with Crippen molar-refractivity contribution in [2.45, 2.75) is 19.8 Å². The van der Waals surface area contributed by atoms with E-state index >= 15 is 0 Å². The fourth-order valence-corrected chi connectivity index (χ4v) is 2.84. The fraction of sp³-hybridized carbons (Fsp3) is 0.200. The van der Waals surface area contributed by atoms with E-state index in [1.165, 1.54) is 25.4 Å². The van der Waals surface area contributed by atoms with Crippen molar-refractivity contribution < 1.29 is 18.3 Å². The number of carbonyl (C=O) groups is 1. The van der Waals surface area contributed by atoms with Gasteiger partial charge in [0.25, 0.3) is 0 Å². The molecule has 0 saturated carbocycles. The van der Waals surface area contributed by atoms with Crippen LogP contribution in [0.5, 0.6) is 5.75 Å². The first kappa shape index (κ1) is 17.8. The van der Waals surface area contributed by atoms with Crippen molar-refractivity contribution in [3.8, 4) is 5.75 Å². The van der Waals surface area contributed by atoms with E-state index in [-0.39, 0.29) is 11.5 Å². The summed E-state index contributed by atoms with van der Waals surface area (Å²) in [6.07, 6.45) is 2.51. The summed E-state index contributed by atoms with van der Waals surface area (Å²) in [5.41, 5.74) is 1.60. The largest absolute Gasteiger partial charge is 0.494 e. The minimum atomic E-state index is -0.704. The van der Waals surface area contributed by atoms with Crippen molar-refractivity contribution in [3.63, 3.8) is 0 Å². The second kappa shape index (κ2) is 7.47. The summed E-state index contributed by atoms with van der Waals surface area (Å²) < 4.78 is 32.5. The molecule has 6 heteroatoms. The summed E-state index contributed by atoms with van der Waals surface area (Å²) in [5, 5.41) is 3.63. The van der Waals surface area contributed by atoms with E-state index in [2.05, 4.69) is 10.3 Å². The number of pyridine rings is 1. The molecule has 3 aromatic rings. The number of Topliss-reactive ketones (excluding diaryl/α,β-unsaturated/α-hetero) is 1. The van der Waals surface area contributed by atoms with Gasteiger partial charge in [-0.2, -0.15) is 0 Å². The molecule has 0 amide bonds. The first-order valence-corrected chi connectivity index (χ1v) is 8.25. The van der Waals surface area contributed by atoms with Crippen LogP contribution in [0.4, 0.5) is 20.2 Å². The van der Waals surface area contributed by atoms with Crippen LogP contribution in [0.15, 0.2) is 42.6 Å². The Balaban J connectivity index is 2.21. The van der Waals surface area contributed by atoms with E-state index in [1.807, 2.05) is 6.92 Å². The molecule has 0 spiro atoms. The van der Waals surface area contributed by atoms with Crippen LogP contribution in [0, 0.1) is 11.6 Å². The maximum Gasteiger partial charge on any atom is 0.166 e. The molecule has 0 atom stereocenters. The number of rotatable bonds is 6. The van der Waals surface area contributed by atoms with Gasteiger partial charge >= 0.3 is 0 Å². The van der Waals surface area contributed by atoms with Crippen molar-refractivity contribution >= 4 is 28.1 Å². The average molecular weight is 356 g/mol. The van der Waals surface area contributed by atoms with Gasteiger partial charge in [-0.05, 0) is 24.6 Å². The number of benzene rings is 2. The van der Waals surface area contributed by atoms with Gasteiger partial charge in [0, 0.05) is 29.8 Å². The van der Waals surface area contributed by atoms with Gasteiger partial charge in [0.05, 0.1) is 18.4 Å². The van der Waals surface area contributed by atoms with Gasteiger partial charge in [-0.1, -0.05) is 19.1 Å². The fourth-order valence-electron chi connectivity index (χ4n) is 2.84. The average Bonchev–Trinajstić information content (AvgIpc) is 2.60. The molecule has 3 rings (SSSR count). The number of carbonyl (C=O) groups excluding carboxylic acids is 1. The molecule has 0 aliphatic carbocycles. The lowest BCUT2D eigenvalue weighted by Gasteiger charge is -2.15. The Morgan fingerprint density at radius 1 is 1.19 bits per heavy atom. The second-order valence-corrected chi connectivity index (χ2v) is 5.86. The highest BCUT2D eigenvalue weighted by Gasteiger charge is 2.17. The van der Waals surface area contributed by atoms with Crippen LogP contribution < -0.4 is 10.1 Å². The molecule has 0 unspecified atom stereocenters. The highest BCUT2D eigenvalue weighted by Crippen LogP contribution is 2.34. The van der Waals surface area contributed by atoms with Crippen molar-refractivity contribution in [3.05, 3.63) is 59.8 Å². The number of ketones is 1. The van der Waals surface area contributed by atoms with Crippen LogP contribution in [-0.4, -0.2) is 17.9 Å². The molecular weight excluding hydrogens is 338 g/mol. The number of methoxy groups -OCH3 is 1. The molecule has 0 saturated heterocycles. The molecule has 134 valence electrons. The highest BCUT2D eigenvalue weighted by atomic mass is 19.1. The highest BCUT2D eigenvalue weighted by molar-refractivity contribution is 6.09. The third-order valence-corrected chi connectivity index (χ3v) is 3.99. The molecular formula is C20H18F2N2O2. The molecule has 4 nitrogen and oxygen atoms in total. The van der Waals surface area contributed by atoms with E-state index in [9.17, 15) is 13.6 Å². The molecule has 0 bridgehead atoms. The molecule has 0 aliphatic rings. The molecule has 0 fully saturated rings. The summed E-state index contributed by atoms with van der Waals surface area (Å²) >= 11 is 0. The maximum absolute atomic E-state index is 13.6. The van der Waals surface area contributed by atoms with Crippen molar-refractivity contribution in [2.75, 3.05) is 12.4 Å². The predicted molar refractivity (Wildman–Crippen MR) is 97.2 cm³/mol. The number of hydrogen-bond donors (Lipinski definition) is 1. The second-order valence-electron chi connectivity index (χ2n) is 5.86. The van der Waals surface area contributed by atoms with Crippen LogP contribution in [0.2, 0.25) is 0 Å². The van der Waals surface area contributed by atoms with Crippen LogP contribution in [-0.2, 0) is 0 Å². The summed E-state index contributed by atoms with van der Waals surface area (Å²) in [5.74, 6) is -0.954. The number of aromatic nitrogens is 1. The first-order valence-electron chi connectivity index (χ1n) is 8.25. The Morgan fingerprint density at radius 2 is 1.92 bits per heavy atom. The normalized spacial score (nSPS) is 10.8. The Morgan fingerprint density at radius 3 is 2.58 bits per heavy atom. The lowest BCUT2D eigenvalue weighted by molar-refractivity contribution is 0.0982. The van der Waals surface area contributed by atoms with Crippen LogP contribution >= 0.6 is 0 Å². The number of hydrogen-bond acceptors (Lipinski definition) is 4. The zero-order valence-electron chi connectivity index (χ0n) is 14.5. The van der Waals surface area contributed by atoms with Gasteiger partial charge < -0.3 is 10.1 Å². The Kier molecular flexibility index (Phi) is 5.11. The van der Waals surface area contributed by atoms with Gasteiger partial charge in [-0.25, -0.2) is 8.78 Å². The van der Waals surface area contributed by atoms with E-state index < -0.39 is 11.6 Å². The maximum atomic E-state index is 13.6. The third kappa shape index (κ3) is 3.49. The Labute approximate surface area is 149 Å². The smallest absolute Gasteiger partial charge is 0.166 e. The first-order chi connectivity index (χ1) is 12.5. The Hall–Kier alpha value is -3.02. The minimum Gasteiger partial charge on any atom is -0.494 e. The number of nitrogens with one attached hydrogen (secondary N) is 1. The van der Waals surface area contributed by atoms with E-state index in [4.69, 9.17) is 4.74 Å². The molecule has 0 aliphatic heterocycles. The molecule has 1 N–H and O–H groups in total. The monoisotopic (exact) mass is 356 g/mol. The number of ether oxygens (including phenoxy) is 1. The number of para-hydroxylation sites is 1.